The van der Waals surface area contributed by atoms with Crippen LogP contribution in [0.1, 0.15) is 66.2 Å². The number of carbonyl (C=O) groups excluding carboxylic acids is 2. The second kappa shape index (κ2) is 8.88. The fourth-order valence-corrected chi connectivity index (χ4v) is 3.54. The Morgan fingerprint density at radius 2 is 1.76 bits per heavy atom. The zero-order chi connectivity index (χ0) is 18.4. The molecule has 6 nitrogen and oxygen atoms in total. The summed E-state index contributed by atoms with van der Waals surface area (Å²) in [6.07, 6.45) is 5.27. The third-order valence-electron chi connectivity index (χ3n) is 4.82. The Balaban J connectivity index is 1.74. The molecule has 1 aliphatic carbocycles. The predicted molar refractivity (Wildman–Crippen MR) is 94.3 cm³/mol. The minimum atomic E-state index is -0.476. The van der Waals surface area contributed by atoms with Crippen LogP contribution in [0.5, 0.6) is 0 Å². The summed E-state index contributed by atoms with van der Waals surface area (Å²) in [4.78, 5) is 25.9. The number of hydrogen-bond acceptors (Lipinski definition) is 5. The number of hydrogen-bond donors (Lipinski definition) is 0. The molecule has 1 amide bonds. The van der Waals surface area contributed by atoms with E-state index in [1.165, 1.54) is 0 Å². The maximum absolute atomic E-state index is 12.3. The lowest BCUT2D eigenvalue weighted by atomic mass is 9.87. The van der Waals surface area contributed by atoms with Crippen molar-refractivity contribution >= 4 is 12.1 Å². The second-order valence-corrected chi connectivity index (χ2v) is 8.03. The molecule has 1 heterocycles. The van der Waals surface area contributed by atoms with Crippen LogP contribution >= 0.6 is 0 Å². The van der Waals surface area contributed by atoms with Crippen molar-refractivity contribution in [1.29, 1.82) is 0 Å². The first-order chi connectivity index (χ1) is 11.8. The standard InChI is InChI=1S/C19H33NO5/c1-5-23-17(21)14-8-10-16(11-9-14)24-13-15-7-6-12-20(15)18(22)25-19(2,3)4/h14-16H,5-13H2,1-4H3. The summed E-state index contributed by atoms with van der Waals surface area (Å²) in [5.74, 6) is -0.0580. The summed E-state index contributed by atoms with van der Waals surface area (Å²) in [5.41, 5.74) is -0.476. The highest BCUT2D eigenvalue weighted by molar-refractivity contribution is 5.72. The fraction of sp³-hybridized carbons (Fsp3) is 0.895. The topological polar surface area (TPSA) is 65.1 Å². The predicted octanol–water partition coefficient (Wildman–Crippen LogP) is 3.52. The van der Waals surface area contributed by atoms with Gasteiger partial charge in [-0.15, -0.1) is 0 Å². The van der Waals surface area contributed by atoms with Gasteiger partial charge < -0.3 is 19.1 Å². The first-order valence-corrected chi connectivity index (χ1v) is 9.58. The minimum Gasteiger partial charge on any atom is -0.466 e. The zero-order valence-electron chi connectivity index (χ0n) is 16.1. The number of ether oxygens (including phenoxy) is 3. The average molecular weight is 355 g/mol. The number of esters is 1. The first-order valence-electron chi connectivity index (χ1n) is 9.58. The monoisotopic (exact) mass is 355 g/mol. The number of nitrogens with zero attached hydrogens (tertiary/aromatic N) is 1. The summed E-state index contributed by atoms with van der Waals surface area (Å²) in [5, 5.41) is 0. The van der Waals surface area contributed by atoms with E-state index in [9.17, 15) is 9.59 Å². The second-order valence-electron chi connectivity index (χ2n) is 8.03. The van der Waals surface area contributed by atoms with Crippen LogP contribution in [0.15, 0.2) is 0 Å². The van der Waals surface area contributed by atoms with E-state index < -0.39 is 5.60 Å². The van der Waals surface area contributed by atoms with Crippen LogP contribution in [0.4, 0.5) is 4.79 Å². The van der Waals surface area contributed by atoms with Gasteiger partial charge in [0.05, 0.1) is 31.3 Å². The molecule has 144 valence electrons. The number of amides is 1. The van der Waals surface area contributed by atoms with Gasteiger partial charge in [0.25, 0.3) is 0 Å². The van der Waals surface area contributed by atoms with Crippen molar-refractivity contribution in [3.8, 4) is 0 Å². The largest absolute Gasteiger partial charge is 0.466 e. The Bertz CT molecular complexity index is 451. The van der Waals surface area contributed by atoms with Gasteiger partial charge in [0.1, 0.15) is 5.60 Å². The molecule has 1 atom stereocenters. The number of rotatable bonds is 5. The van der Waals surface area contributed by atoms with Gasteiger partial charge in [-0.25, -0.2) is 4.79 Å². The molecule has 0 radical (unpaired) electrons. The highest BCUT2D eigenvalue weighted by Gasteiger charge is 2.34. The Morgan fingerprint density at radius 3 is 2.36 bits per heavy atom. The van der Waals surface area contributed by atoms with E-state index in [0.29, 0.717) is 13.2 Å². The summed E-state index contributed by atoms with van der Waals surface area (Å²) in [6, 6.07) is 0.0950. The summed E-state index contributed by atoms with van der Waals surface area (Å²) in [7, 11) is 0. The van der Waals surface area contributed by atoms with Crippen molar-refractivity contribution in [3.63, 3.8) is 0 Å². The van der Waals surface area contributed by atoms with Gasteiger partial charge >= 0.3 is 12.1 Å². The SMILES string of the molecule is CCOC(=O)C1CCC(OCC2CCCN2C(=O)OC(C)(C)C)CC1. The molecule has 6 heteroatoms. The molecule has 0 aromatic rings. The van der Waals surface area contributed by atoms with Crippen LogP contribution in [-0.4, -0.2) is 54.5 Å². The van der Waals surface area contributed by atoms with E-state index in [-0.39, 0.29) is 30.1 Å². The van der Waals surface area contributed by atoms with Crippen LogP contribution in [0.25, 0.3) is 0 Å². The van der Waals surface area contributed by atoms with E-state index in [0.717, 1.165) is 45.1 Å². The molecule has 0 N–H and O–H groups in total. The van der Waals surface area contributed by atoms with E-state index in [4.69, 9.17) is 14.2 Å². The van der Waals surface area contributed by atoms with Gasteiger partial charge in [-0.05, 0) is 66.2 Å². The van der Waals surface area contributed by atoms with E-state index in [1.54, 1.807) is 4.90 Å². The molecule has 1 saturated heterocycles. The van der Waals surface area contributed by atoms with Crippen molar-refractivity contribution in [2.24, 2.45) is 5.92 Å². The number of carbonyl (C=O) groups is 2. The van der Waals surface area contributed by atoms with Gasteiger partial charge in [0, 0.05) is 6.54 Å². The lowest BCUT2D eigenvalue weighted by molar-refractivity contribution is -0.150. The van der Waals surface area contributed by atoms with Gasteiger partial charge in [0.15, 0.2) is 0 Å². The van der Waals surface area contributed by atoms with E-state index >= 15 is 0 Å². The molecular weight excluding hydrogens is 322 g/mol. The minimum absolute atomic E-state index is 0.0181. The smallest absolute Gasteiger partial charge is 0.410 e. The molecular formula is C19H33NO5. The Kier molecular flexibility index (Phi) is 7.11. The summed E-state index contributed by atoms with van der Waals surface area (Å²) in [6.45, 7) is 9.21. The van der Waals surface area contributed by atoms with E-state index in [1.807, 2.05) is 27.7 Å². The summed E-state index contributed by atoms with van der Waals surface area (Å²) < 4.78 is 16.7. The first kappa shape index (κ1) is 20.0. The molecule has 2 rings (SSSR count). The Hall–Kier alpha value is -1.30. The van der Waals surface area contributed by atoms with Crippen molar-refractivity contribution < 1.29 is 23.8 Å². The van der Waals surface area contributed by atoms with Crippen molar-refractivity contribution in [3.05, 3.63) is 0 Å². The molecule has 1 aliphatic heterocycles. The van der Waals surface area contributed by atoms with Crippen LogP contribution in [0.2, 0.25) is 0 Å². The fourth-order valence-electron chi connectivity index (χ4n) is 3.54. The van der Waals surface area contributed by atoms with Crippen LogP contribution < -0.4 is 0 Å². The lowest BCUT2D eigenvalue weighted by Crippen LogP contribution is -2.42. The van der Waals surface area contributed by atoms with Gasteiger partial charge in [-0.1, -0.05) is 0 Å². The Labute approximate surface area is 151 Å². The quantitative estimate of drug-likeness (QED) is 0.706. The lowest BCUT2D eigenvalue weighted by Gasteiger charge is -2.31. The van der Waals surface area contributed by atoms with Crippen molar-refractivity contribution in [1.82, 2.24) is 4.90 Å². The molecule has 0 spiro atoms. The molecule has 25 heavy (non-hydrogen) atoms. The number of likely N-dealkylation sites (tertiary alicyclic amines) is 1. The maximum atomic E-state index is 12.3. The Morgan fingerprint density at radius 1 is 1.08 bits per heavy atom. The van der Waals surface area contributed by atoms with Crippen LogP contribution in [0, 0.1) is 5.92 Å². The zero-order valence-corrected chi connectivity index (χ0v) is 16.1. The normalized spacial score (nSPS) is 27.2. The highest BCUT2D eigenvalue weighted by atomic mass is 16.6. The molecule has 0 aromatic carbocycles. The van der Waals surface area contributed by atoms with Gasteiger partial charge in [0.2, 0.25) is 0 Å². The van der Waals surface area contributed by atoms with Crippen LogP contribution in [-0.2, 0) is 19.0 Å². The maximum Gasteiger partial charge on any atom is 0.410 e. The summed E-state index contributed by atoms with van der Waals surface area (Å²) >= 11 is 0. The van der Waals surface area contributed by atoms with Crippen molar-refractivity contribution in [2.75, 3.05) is 19.8 Å². The third-order valence-corrected chi connectivity index (χ3v) is 4.82. The van der Waals surface area contributed by atoms with E-state index in [2.05, 4.69) is 0 Å². The average Bonchev–Trinajstić information content (AvgIpc) is 3.01. The van der Waals surface area contributed by atoms with Gasteiger partial charge in [-0.3, -0.25) is 4.79 Å². The van der Waals surface area contributed by atoms with Gasteiger partial charge in [-0.2, -0.15) is 0 Å². The molecule has 0 bridgehead atoms. The molecule has 0 aromatic heterocycles. The molecule has 2 fully saturated rings. The molecule has 2 aliphatic rings. The van der Waals surface area contributed by atoms with Crippen molar-refractivity contribution in [2.45, 2.75) is 84.0 Å². The van der Waals surface area contributed by atoms with Crippen LogP contribution in [0.3, 0.4) is 0 Å². The molecule has 1 saturated carbocycles. The highest BCUT2D eigenvalue weighted by Crippen LogP contribution is 2.28. The third kappa shape index (κ3) is 6.17. The molecule has 1 unspecified atom stereocenters.